The first-order valence-electron chi connectivity index (χ1n) is 35.8. The molecule has 0 radical (unpaired) electrons. The average Bonchev–Trinajstić information content (AvgIpc) is 1.57. The topological polar surface area (TPSA) is 87.2 Å². The predicted molar refractivity (Wildman–Crippen MR) is 439 cm³/mol. The molecule has 0 N–H and O–H groups in total. The molecule has 0 spiro atoms. The largest absolute Gasteiger partial charge is 0.278 e. The van der Waals surface area contributed by atoms with Crippen molar-refractivity contribution >= 4 is 97.5 Å². The Balaban J connectivity index is 0.000000141. The summed E-state index contributed by atoms with van der Waals surface area (Å²) in [6.45, 7) is 0. The molecule has 0 saturated heterocycles. The van der Waals surface area contributed by atoms with Gasteiger partial charge in [-0.25, -0.2) is 9.97 Å². The van der Waals surface area contributed by atoms with E-state index in [-0.39, 0.29) is 0 Å². The minimum atomic E-state index is 0.590. The zero-order chi connectivity index (χ0) is 70.0. The van der Waals surface area contributed by atoms with Crippen LogP contribution in [0.25, 0.3) is 199 Å². The van der Waals surface area contributed by atoms with Crippen LogP contribution in [-0.2, 0) is 0 Å². The first-order valence-corrected chi connectivity index (χ1v) is 35.8. The Labute approximate surface area is 610 Å². The molecule has 0 bridgehead atoms. The van der Waals surface area contributed by atoms with Gasteiger partial charge in [0.1, 0.15) is 0 Å². The van der Waals surface area contributed by atoms with Crippen molar-refractivity contribution in [2.45, 2.75) is 0 Å². The Morgan fingerprint density at radius 1 is 0.160 bits per heavy atom. The van der Waals surface area contributed by atoms with Crippen LogP contribution in [0.15, 0.2) is 376 Å². The lowest BCUT2D eigenvalue weighted by molar-refractivity contribution is 0.953. The summed E-state index contributed by atoms with van der Waals surface area (Å²) >= 11 is 0. The van der Waals surface area contributed by atoms with E-state index in [4.69, 9.17) is 29.9 Å². The van der Waals surface area contributed by atoms with E-state index in [0.29, 0.717) is 35.2 Å². The van der Waals surface area contributed by atoms with Crippen LogP contribution in [0.3, 0.4) is 0 Å². The van der Waals surface area contributed by atoms with E-state index in [9.17, 15) is 0 Å². The molecule has 0 amide bonds. The minimum absolute atomic E-state index is 0.590. The molecule has 106 heavy (non-hydrogen) atoms. The fourth-order valence-corrected chi connectivity index (χ4v) is 15.6. The molecular formula is C98H62N8. The molecule has 0 aliphatic heterocycles. The molecule has 4 aromatic heterocycles. The molecule has 8 nitrogen and oxygen atoms in total. The molecule has 0 fully saturated rings. The molecule has 0 saturated carbocycles. The highest BCUT2D eigenvalue weighted by atomic mass is 15.2. The van der Waals surface area contributed by atoms with Crippen molar-refractivity contribution in [2.75, 3.05) is 0 Å². The van der Waals surface area contributed by atoms with Gasteiger partial charge in [0, 0.05) is 43.8 Å². The summed E-state index contributed by atoms with van der Waals surface area (Å²) in [5.41, 5.74) is 17.7. The van der Waals surface area contributed by atoms with Crippen molar-refractivity contribution in [3.05, 3.63) is 376 Å². The van der Waals surface area contributed by atoms with Crippen LogP contribution in [0, 0.1) is 0 Å². The lowest BCUT2D eigenvalue weighted by Gasteiger charge is -2.13. The average molecular weight is 1350 g/mol. The van der Waals surface area contributed by atoms with E-state index in [1.807, 2.05) is 121 Å². The lowest BCUT2D eigenvalue weighted by Crippen LogP contribution is -2.06. The minimum Gasteiger partial charge on any atom is -0.278 e. The van der Waals surface area contributed by atoms with Crippen molar-refractivity contribution in [1.29, 1.82) is 0 Å². The molecule has 8 heteroatoms. The molecular weight excluding hydrogens is 1290 g/mol. The lowest BCUT2D eigenvalue weighted by atomic mass is 9.91. The van der Waals surface area contributed by atoms with E-state index in [2.05, 4.69) is 264 Å². The van der Waals surface area contributed by atoms with Crippen molar-refractivity contribution in [3.8, 4) is 102 Å². The smallest absolute Gasteiger partial charge is 0.238 e. The van der Waals surface area contributed by atoms with Crippen molar-refractivity contribution in [3.63, 3.8) is 0 Å². The van der Waals surface area contributed by atoms with Gasteiger partial charge in [-0.1, -0.05) is 328 Å². The summed E-state index contributed by atoms with van der Waals surface area (Å²) in [6.07, 6.45) is 0. The quantitative estimate of drug-likeness (QED) is 0.136. The van der Waals surface area contributed by atoms with Gasteiger partial charge in [0.25, 0.3) is 0 Å². The van der Waals surface area contributed by atoms with E-state index >= 15 is 0 Å². The van der Waals surface area contributed by atoms with Crippen LogP contribution in [0.4, 0.5) is 0 Å². The van der Waals surface area contributed by atoms with Crippen LogP contribution in [0.1, 0.15) is 0 Å². The van der Waals surface area contributed by atoms with Crippen molar-refractivity contribution < 1.29 is 0 Å². The molecule has 0 aliphatic rings. The third-order valence-corrected chi connectivity index (χ3v) is 20.7. The number of rotatable bonds is 10. The highest BCUT2D eigenvalue weighted by molar-refractivity contribution is 6.23. The summed E-state index contributed by atoms with van der Waals surface area (Å²) < 4.78 is 4.38. The number of aromatic nitrogens is 8. The normalized spacial score (nSPS) is 11.6. The molecule has 21 rings (SSSR count). The highest BCUT2D eigenvalue weighted by Gasteiger charge is 2.23. The Bertz CT molecular complexity index is 6870. The summed E-state index contributed by atoms with van der Waals surface area (Å²) in [7, 11) is 0. The summed E-state index contributed by atoms with van der Waals surface area (Å²) in [4.78, 5) is 30.4. The van der Waals surface area contributed by atoms with Crippen LogP contribution < -0.4 is 0 Å². The third-order valence-electron chi connectivity index (χ3n) is 20.7. The first kappa shape index (κ1) is 61.5. The van der Waals surface area contributed by atoms with Gasteiger partial charge >= 0.3 is 0 Å². The second-order valence-corrected chi connectivity index (χ2v) is 26.9. The van der Waals surface area contributed by atoms with Gasteiger partial charge in [0.05, 0.1) is 22.1 Å². The van der Waals surface area contributed by atoms with Crippen molar-refractivity contribution in [2.24, 2.45) is 0 Å². The zero-order valence-corrected chi connectivity index (χ0v) is 57.4. The number of para-hydroxylation sites is 2. The van der Waals surface area contributed by atoms with Gasteiger partial charge in [0.2, 0.25) is 11.9 Å². The zero-order valence-electron chi connectivity index (χ0n) is 57.4. The number of hydrogen-bond donors (Lipinski definition) is 0. The van der Waals surface area contributed by atoms with Gasteiger partial charge in [-0.05, 0) is 147 Å². The Morgan fingerprint density at radius 3 is 1.02 bits per heavy atom. The van der Waals surface area contributed by atoms with Crippen LogP contribution in [0.5, 0.6) is 0 Å². The molecule has 0 aliphatic carbocycles. The summed E-state index contributed by atoms with van der Waals surface area (Å²) in [5.74, 6) is 3.74. The molecule has 17 aromatic carbocycles. The molecule has 494 valence electrons. The standard InChI is InChI=1S/C51H32N4.C47H30N4/c1-3-13-35(14-4-1)49-52-50(36-15-5-2-6-16-36)54-51(53-49)55-46-21-10-9-19-44(46)48-45-32-40(23-22-34(45)28-29-47(48)55)38-24-25-39-31-41(27-26-37(39)30-38)43-20-11-17-33-12-7-8-18-42(33)43;1-4-14-31(15-5-1)36-27-28-37(40-21-11-10-20-39(36)40)34-24-26-38-35(30-34)25-29-43-44(38)41-22-12-13-23-42(41)51(43)47-49-45(32-16-6-2-7-17-32)48-46(50-47)33-18-8-3-9-19-33/h1-32H;1-30H. The molecule has 21 aromatic rings. The molecule has 0 atom stereocenters. The van der Waals surface area contributed by atoms with Crippen LogP contribution in [0.2, 0.25) is 0 Å². The molecule has 4 heterocycles. The third kappa shape index (κ3) is 10.9. The Hall–Kier alpha value is -14.3. The highest BCUT2D eigenvalue weighted by Crippen LogP contribution is 2.43. The summed E-state index contributed by atoms with van der Waals surface area (Å²) in [5, 5.41) is 16.9. The maximum atomic E-state index is 5.13. The van der Waals surface area contributed by atoms with Crippen LogP contribution >= 0.6 is 0 Å². The van der Waals surface area contributed by atoms with E-state index in [1.165, 1.54) is 109 Å². The van der Waals surface area contributed by atoms with Crippen molar-refractivity contribution in [1.82, 2.24) is 39.0 Å². The first-order chi connectivity index (χ1) is 52.5. The van der Waals surface area contributed by atoms with Gasteiger partial charge in [-0.2, -0.15) is 19.9 Å². The number of nitrogens with zero attached hydrogens (tertiary/aromatic N) is 8. The molecule has 0 unspecified atom stereocenters. The number of hydrogen-bond acceptors (Lipinski definition) is 6. The maximum absolute atomic E-state index is 5.13. The fourth-order valence-electron chi connectivity index (χ4n) is 15.6. The second-order valence-electron chi connectivity index (χ2n) is 26.9. The second kappa shape index (κ2) is 25.9. The monoisotopic (exact) mass is 1350 g/mol. The van der Waals surface area contributed by atoms with E-state index < -0.39 is 0 Å². The maximum Gasteiger partial charge on any atom is 0.238 e. The van der Waals surface area contributed by atoms with Crippen LogP contribution in [-0.4, -0.2) is 39.0 Å². The van der Waals surface area contributed by atoms with E-state index in [0.717, 1.165) is 55.1 Å². The number of fused-ring (bicyclic) bond motifs is 13. The fraction of sp³-hybridized carbons (Fsp3) is 0. The van der Waals surface area contributed by atoms with E-state index in [1.54, 1.807) is 0 Å². The predicted octanol–water partition coefficient (Wildman–Crippen LogP) is 25.0. The van der Waals surface area contributed by atoms with Gasteiger partial charge in [0.15, 0.2) is 23.3 Å². The Morgan fingerprint density at radius 2 is 0.500 bits per heavy atom. The van der Waals surface area contributed by atoms with Gasteiger partial charge in [-0.3, -0.25) is 9.13 Å². The Kier molecular flexibility index (Phi) is 15.0. The SMILES string of the molecule is c1ccc(-c2nc(-c3ccccc3)nc(-n3c4ccccc4c4c5cc(-c6ccc7cc(-c8cccc9ccccc89)ccc7c6)ccc5ccc43)n2)cc1.c1ccc(-c2nc(-c3ccccc3)nc(-n3c4ccccc4c4c5ccc(-c6ccc(-c7ccccc7)c7ccccc67)cc5ccc43)n2)cc1. The number of benzene rings is 17. The van der Waals surface area contributed by atoms with Gasteiger partial charge in [-0.15, -0.1) is 0 Å². The van der Waals surface area contributed by atoms with Gasteiger partial charge < -0.3 is 0 Å². The summed E-state index contributed by atoms with van der Waals surface area (Å²) in [6, 6.07) is 133.